The van der Waals surface area contributed by atoms with Gasteiger partial charge in [0.25, 0.3) is 0 Å². The minimum atomic E-state index is 0.758. The summed E-state index contributed by atoms with van der Waals surface area (Å²) in [5.74, 6) is 0.863. The van der Waals surface area contributed by atoms with Crippen molar-refractivity contribution in [2.75, 3.05) is 5.73 Å². The summed E-state index contributed by atoms with van der Waals surface area (Å²) in [7, 11) is 0. The average Bonchev–Trinajstić information content (AvgIpc) is 2.60. The molecule has 2 rings (SSSR count). The highest BCUT2D eigenvalue weighted by Gasteiger charge is 2.08. The Labute approximate surface area is 89.4 Å². The lowest BCUT2D eigenvalue weighted by molar-refractivity contribution is 1.04. The van der Waals surface area contributed by atoms with E-state index in [1.165, 1.54) is 0 Å². The summed E-state index contributed by atoms with van der Waals surface area (Å²) in [5.41, 5.74) is 9.85. The molecule has 3 nitrogen and oxygen atoms in total. The van der Waals surface area contributed by atoms with E-state index in [9.17, 15) is 0 Å². The maximum absolute atomic E-state index is 5.89. The number of H-pyrrole nitrogens is 1. The van der Waals surface area contributed by atoms with Crippen LogP contribution in [0.15, 0.2) is 24.3 Å². The molecular weight excluding hydrogens is 186 g/mol. The number of para-hydroxylation sites is 1. The van der Waals surface area contributed by atoms with E-state index in [4.69, 9.17) is 5.73 Å². The number of rotatable bonds is 2. The van der Waals surface area contributed by atoms with Gasteiger partial charge in [-0.3, -0.25) is 0 Å². The van der Waals surface area contributed by atoms with Crippen molar-refractivity contribution in [3.8, 4) is 11.4 Å². The highest BCUT2D eigenvalue weighted by Crippen LogP contribution is 2.23. The molecule has 15 heavy (non-hydrogen) atoms. The number of imidazole rings is 1. The molecule has 0 unspecified atom stereocenters. The van der Waals surface area contributed by atoms with Crippen molar-refractivity contribution in [1.82, 2.24) is 9.97 Å². The molecule has 0 saturated heterocycles. The third-order valence-electron chi connectivity index (χ3n) is 2.54. The van der Waals surface area contributed by atoms with Crippen molar-refractivity contribution in [3.05, 3.63) is 35.7 Å². The minimum Gasteiger partial charge on any atom is -0.398 e. The van der Waals surface area contributed by atoms with Crippen molar-refractivity contribution in [1.29, 1.82) is 0 Å². The van der Waals surface area contributed by atoms with Crippen molar-refractivity contribution in [2.24, 2.45) is 0 Å². The number of nitrogens with one attached hydrogen (secondary N) is 1. The molecular formula is C12H15N3. The van der Waals surface area contributed by atoms with Crippen LogP contribution >= 0.6 is 0 Å². The summed E-state index contributed by atoms with van der Waals surface area (Å²) in [4.78, 5) is 7.79. The number of hydrogen-bond acceptors (Lipinski definition) is 2. The number of nitrogens with two attached hydrogens (primary N) is 1. The quantitative estimate of drug-likeness (QED) is 0.733. The number of benzene rings is 1. The highest BCUT2D eigenvalue weighted by atomic mass is 14.9. The fourth-order valence-corrected chi connectivity index (χ4v) is 1.68. The molecule has 0 fully saturated rings. The third kappa shape index (κ3) is 1.73. The standard InChI is InChI=1S/C12H15N3/c1-3-11-8(2)14-12(15-11)9-6-4-5-7-10(9)13/h4-7H,3,13H2,1-2H3,(H,14,15). The first kappa shape index (κ1) is 9.77. The molecule has 1 aromatic carbocycles. The fourth-order valence-electron chi connectivity index (χ4n) is 1.68. The maximum atomic E-state index is 5.89. The summed E-state index contributed by atoms with van der Waals surface area (Å²) in [6.45, 7) is 4.13. The SMILES string of the molecule is CCc1nc(-c2ccccc2N)[nH]c1C. The normalized spacial score (nSPS) is 10.5. The fraction of sp³-hybridized carbons (Fsp3) is 0.250. The molecule has 0 bridgehead atoms. The third-order valence-corrected chi connectivity index (χ3v) is 2.54. The van der Waals surface area contributed by atoms with Crippen molar-refractivity contribution >= 4 is 5.69 Å². The van der Waals surface area contributed by atoms with Gasteiger partial charge in [-0.25, -0.2) is 4.98 Å². The summed E-state index contributed by atoms with van der Waals surface area (Å²) >= 11 is 0. The summed E-state index contributed by atoms with van der Waals surface area (Å²) < 4.78 is 0. The number of aryl methyl sites for hydroxylation is 2. The second kappa shape index (κ2) is 3.77. The van der Waals surface area contributed by atoms with Crippen LogP contribution in [-0.4, -0.2) is 9.97 Å². The van der Waals surface area contributed by atoms with E-state index in [-0.39, 0.29) is 0 Å². The van der Waals surface area contributed by atoms with Gasteiger partial charge in [-0.2, -0.15) is 0 Å². The van der Waals surface area contributed by atoms with Gasteiger partial charge in [-0.15, -0.1) is 0 Å². The number of aromatic amines is 1. The van der Waals surface area contributed by atoms with Gasteiger partial charge >= 0.3 is 0 Å². The molecule has 0 amide bonds. The van der Waals surface area contributed by atoms with Crippen LogP contribution < -0.4 is 5.73 Å². The van der Waals surface area contributed by atoms with Crippen LogP contribution in [-0.2, 0) is 6.42 Å². The molecule has 3 heteroatoms. The van der Waals surface area contributed by atoms with Crippen LogP contribution in [0.5, 0.6) is 0 Å². The van der Waals surface area contributed by atoms with E-state index < -0.39 is 0 Å². The number of hydrogen-bond donors (Lipinski definition) is 2. The van der Waals surface area contributed by atoms with Crippen LogP contribution in [0, 0.1) is 6.92 Å². The average molecular weight is 201 g/mol. The minimum absolute atomic E-state index is 0.758. The molecule has 0 atom stereocenters. The number of nitrogen functional groups attached to an aromatic ring is 1. The van der Waals surface area contributed by atoms with Gasteiger partial charge in [-0.05, 0) is 25.5 Å². The molecule has 0 saturated carbocycles. The Balaban J connectivity index is 2.50. The Hall–Kier alpha value is -1.77. The first-order valence-corrected chi connectivity index (χ1v) is 5.12. The predicted molar refractivity (Wildman–Crippen MR) is 62.6 cm³/mol. The number of anilines is 1. The topological polar surface area (TPSA) is 54.7 Å². The molecule has 3 N–H and O–H groups in total. The van der Waals surface area contributed by atoms with Gasteiger partial charge in [-0.1, -0.05) is 19.1 Å². The second-order valence-corrected chi connectivity index (χ2v) is 3.60. The lowest BCUT2D eigenvalue weighted by Crippen LogP contribution is -1.90. The second-order valence-electron chi connectivity index (χ2n) is 3.60. The molecule has 0 radical (unpaired) electrons. The largest absolute Gasteiger partial charge is 0.398 e. The Morgan fingerprint density at radius 1 is 1.33 bits per heavy atom. The van der Waals surface area contributed by atoms with E-state index >= 15 is 0 Å². The van der Waals surface area contributed by atoms with E-state index in [0.29, 0.717) is 0 Å². The highest BCUT2D eigenvalue weighted by molar-refractivity contribution is 5.71. The first-order valence-electron chi connectivity index (χ1n) is 5.12. The van der Waals surface area contributed by atoms with Crippen LogP contribution in [0.3, 0.4) is 0 Å². The molecule has 0 aliphatic carbocycles. The van der Waals surface area contributed by atoms with E-state index in [1.54, 1.807) is 0 Å². The Bertz CT molecular complexity index is 471. The maximum Gasteiger partial charge on any atom is 0.139 e. The molecule has 0 spiro atoms. The van der Waals surface area contributed by atoms with Crippen LogP contribution in [0.4, 0.5) is 5.69 Å². The summed E-state index contributed by atoms with van der Waals surface area (Å²) in [6, 6.07) is 7.76. The van der Waals surface area contributed by atoms with Crippen LogP contribution in [0.2, 0.25) is 0 Å². The van der Waals surface area contributed by atoms with Crippen molar-refractivity contribution < 1.29 is 0 Å². The molecule has 0 aliphatic heterocycles. The van der Waals surface area contributed by atoms with Gasteiger partial charge in [0.1, 0.15) is 5.82 Å². The van der Waals surface area contributed by atoms with Crippen LogP contribution in [0.1, 0.15) is 18.3 Å². The van der Waals surface area contributed by atoms with Gasteiger partial charge < -0.3 is 10.7 Å². The van der Waals surface area contributed by atoms with Crippen molar-refractivity contribution in [3.63, 3.8) is 0 Å². The van der Waals surface area contributed by atoms with Gasteiger partial charge in [0.05, 0.1) is 5.69 Å². The molecule has 1 aromatic heterocycles. The first-order chi connectivity index (χ1) is 7.22. The molecule has 2 aromatic rings. The smallest absolute Gasteiger partial charge is 0.139 e. The van der Waals surface area contributed by atoms with Gasteiger partial charge in [0, 0.05) is 16.9 Å². The molecule has 78 valence electrons. The lowest BCUT2D eigenvalue weighted by Gasteiger charge is -2.00. The number of nitrogens with zero attached hydrogens (tertiary/aromatic N) is 1. The van der Waals surface area contributed by atoms with Gasteiger partial charge in [0.2, 0.25) is 0 Å². The zero-order chi connectivity index (χ0) is 10.8. The Morgan fingerprint density at radius 3 is 2.67 bits per heavy atom. The van der Waals surface area contributed by atoms with E-state index in [2.05, 4.69) is 16.9 Å². The lowest BCUT2D eigenvalue weighted by atomic mass is 10.2. The monoisotopic (exact) mass is 201 g/mol. The van der Waals surface area contributed by atoms with Crippen LogP contribution in [0.25, 0.3) is 11.4 Å². The van der Waals surface area contributed by atoms with E-state index in [1.807, 2.05) is 31.2 Å². The Morgan fingerprint density at radius 2 is 2.07 bits per heavy atom. The van der Waals surface area contributed by atoms with E-state index in [0.717, 1.165) is 34.9 Å². The number of aromatic nitrogens is 2. The molecule has 1 heterocycles. The predicted octanol–water partition coefficient (Wildman–Crippen LogP) is 2.53. The Kier molecular flexibility index (Phi) is 2.46. The van der Waals surface area contributed by atoms with Gasteiger partial charge in [0.15, 0.2) is 0 Å². The zero-order valence-corrected chi connectivity index (χ0v) is 9.04. The summed E-state index contributed by atoms with van der Waals surface area (Å²) in [5, 5.41) is 0. The summed E-state index contributed by atoms with van der Waals surface area (Å²) in [6.07, 6.45) is 0.940. The molecule has 0 aliphatic rings. The van der Waals surface area contributed by atoms with Crippen molar-refractivity contribution in [2.45, 2.75) is 20.3 Å². The zero-order valence-electron chi connectivity index (χ0n) is 9.04.